The quantitative estimate of drug-likeness (QED) is 0.475. The van der Waals surface area contributed by atoms with E-state index in [4.69, 9.17) is 0 Å². The van der Waals surface area contributed by atoms with Crippen molar-refractivity contribution in [2.24, 2.45) is 0 Å². The van der Waals surface area contributed by atoms with Crippen molar-refractivity contribution in [3.05, 3.63) is 36.7 Å². The first-order valence-electron chi connectivity index (χ1n) is 3.00. The Labute approximate surface area is 67.9 Å². The van der Waals surface area contributed by atoms with Crippen molar-refractivity contribution in [1.82, 2.24) is 0 Å². The van der Waals surface area contributed by atoms with E-state index in [9.17, 15) is 18.0 Å². The monoisotopic (exact) mass is 176 g/mol. The van der Waals surface area contributed by atoms with Crippen LogP contribution in [0.3, 0.4) is 0 Å². The summed E-state index contributed by atoms with van der Waals surface area (Å²) in [6, 6.07) is 0. The summed E-state index contributed by atoms with van der Waals surface area (Å²) < 4.78 is 35.8. The number of carbonyl (C=O) groups excluding carboxylic acids is 1. The van der Waals surface area contributed by atoms with Crippen molar-refractivity contribution in [1.29, 1.82) is 0 Å². The zero-order valence-corrected chi connectivity index (χ0v) is 6.19. The number of halogens is 3. The van der Waals surface area contributed by atoms with Gasteiger partial charge in [-0.2, -0.15) is 0 Å². The van der Waals surface area contributed by atoms with Crippen molar-refractivity contribution < 1.29 is 18.0 Å². The molecule has 0 aliphatic carbocycles. The topological polar surface area (TPSA) is 17.1 Å². The lowest BCUT2D eigenvalue weighted by Crippen LogP contribution is -2.12. The maximum atomic E-state index is 12.3. The van der Waals surface area contributed by atoms with Crippen LogP contribution in [0.4, 0.5) is 13.2 Å². The highest BCUT2D eigenvalue weighted by molar-refractivity contribution is 6.01. The van der Waals surface area contributed by atoms with Gasteiger partial charge in [0.15, 0.2) is 0 Å². The van der Waals surface area contributed by atoms with Gasteiger partial charge in [-0.3, -0.25) is 4.79 Å². The van der Waals surface area contributed by atoms with Crippen LogP contribution in [0, 0.1) is 0 Å². The van der Waals surface area contributed by atoms with Crippen LogP contribution in [-0.4, -0.2) is 12.2 Å². The van der Waals surface area contributed by atoms with Gasteiger partial charge in [-0.1, -0.05) is 19.2 Å². The zero-order chi connectivity index (χ0) is 9.72. The van der Waals surface area contributed by atoms with Gasteiger partial charge in [0.2, 0.25) is 5.78 Å². The van der Waals surface area contributed by atoms with Crippen LogP contribution in [0.15, 0.2) is 36.7 Å². The van der Waals surface area contributed by atoms with Crippen LogP contribution in [0.1, 0.15) is 0 Å². The van der Waals surface area contributed by atoms with Crippen LogP contribution >= 0.6 is 0 Å². The largest absolute Gasteiger partial charge is 0.300 e. The Morgan fingerprint density at radius 3 is 2.17 bits per heavy atom. The molecule has 0 aromatic carbocycles. The highest BCUT2D eigenvalue weighted by Crippen LogP contribution is 2.14. The maximum absolute atomic E-state index is 12.3. The average molecular weight is 176 g/mol. The van der Waals surface area contributed by atoms with Gasteiger partial charge >= 0.3 is 6.43 Å². The molecule has 0 amide bonds. The molecule has 0 fully saturated rings. The normalized spacial score (nSPS) is 11.5. The molecule has 0 unspecified atom stereocenters. The molecule has 0 bridgehead atoms. The van der Waals surface area contributed by atoms with Gasteiger partial charge in [0.25, 0.3) is 0 Å². The number of carbonyl (C=O) groups is 1. The second kappa shape index (κ2) is 4.54. The lowest BCUT2D eigenvalue weighted by molar-refractivity contribution is -0.125. The summed E-state index contributed by atoms with van der Waals surface area (Å²) in [6.45, 7) is 5.88. The van der Waals surface area contributed by atoms with Gasteiger partial charge < -0.3 is 0 Å². The van der Waals surface area contributed by atoms with Gasteiger partial charge in [0.1, 0.15) is 5.83 Å². The Morgan fingerprint density at radius 2 is 1.92 bits per heavy atom. The molecular formula is C8H7F3O. The second-order valence-corrected chi connectivity index (χ2v) is 1.89. The molecule has 0 aromatic heterocycles. The molecule has 0 saturated carbocycles. The van der Waals surface area contributed by atoms with Crippen LogP contribution in [0.2, 0.25) is 0 Å². The minimum absolute atomic E-state index is 0.736. The molecule has 0 spiro atoms. The van der Waals surface area contributed by atoms with E-state index in [2.05, 4.69) is 13.2 Å². The molecule has 0 N–H and O–H groups in total. The van der Waals surface area contributed by atoms with Crippen LogP contribution in [0.25, 0.3) is 0 Å². The molecule has 4 heteroatoms. The Morgan fingerprint density at radius 1 is 1.42 bits per heavy atom. The summed E-state index contributed by atoms with van der Waals surface area (Å²) in [4.78, 5) is 10.5. The molecule has 0 rings (SSSR count). The highest BCUT2D eigenvalue weighted by Gasteiger charge is 2.21. The summed E-state index contributed by atoms with van der Waals surface area (Å²) in [5.74, 6) is -2.76. The summed E-state index contributed by atoms with van der Waals surface area (Å²) >= 11 is 0. The van der Waals surface area contributed by atoms with E-state index in [1.54, 1.807) is 0 Å². The molecule has 0 radical (unpaired) electrons. The molecule has 0 saturated heterocycles. The van der Waals surface area contributed by atoms with Crippen molar-refractivity contribution >= 4 is 5.78 Å². The number of ketones is 1. The molecule has 1 nitrogen and oxygen atoms in total. The molecule has 0 aliphatic rings. The summed E-state index contributed by atoms with van der Waals surface area (Å²) in [5.41, 5.74) is -0.736. The third kappa shape index (κ3) is 2.74. The molecule has 0 aromatic rings. The molecule has 12 heavy (non-hydrogen) atoms. The highest BCUT2D eigenvalue weighted by atomic mass is 19.3. The van der Waals surface area contributed by atoms with Gasteiger partial charge in [-0.15, -0.1) is 0 Å². The van der Waals surface area contributed by atoms with Gasteiger partial charge in [-0.25, -0.2) is 13.2 Å². The van der Waals surface area contributed by atoms with E-state index in [0.29, 0.717) is 0 Å². The summed E-state index contributed by atoms with van der Waals surface area (Å²) in [6.07, 6.45) is -1.32. The summed E-state index contributed by atoms with van der Waals surface area (Å²) in [5, 5.41) is 0. The van der Waals surface area contributed by atoms with E-state index >= 15 is 0 Å². The Bertz CT molecular complexity index is 241. The van der Waals surface area contributed by atoms with E-state index in [0.717, 1.165) is 12.2 Å². The number of allylic oxidation sites excluding steroid dienone is 4. The number of rotatable bonds is 4. The van der Waals surface area contributed by atoms with Crippen LogP contribution < -0.4 is 0 Å². The van der Waals surface area contributed by atoms with Crippen LogP contribution in [-0.2, 0) is 4.79 Å². The first-order chi connectivity index (χ1) is 5.50. The maximum Gasteiger partial charge on any atom is 0.300 e. The van der Waals surface area contributed by atoms with Crippen molar-refractivity contribution in [2.75, 3.05) is 0 Å². The molecule has 0 atom stereocenters. The first kappa shape index (κ1) is 10.7. The Kier molecular flexibility index (Phi) is 4.04. The fourth-order valence-electron chi connectivity index (χ4n) is 0.542. The lowest BCUT2D eigenvalue weighted by atomic mass is 10.1. The minimum atomic E-state index is -3.22. The van der Waals surface area contributed by atoms with E-state index < -0.39 is 23.6 Å². The van der Waals surface area contributed by atoms with Crippen molar-refractivity contribution in [3.63, 3.8) is 0 Å². The molecular weight excluding hydrogens is 169 g/mol. The minimum Gasteiger partial charge on any atom is -0.288 e. The Hall–Kier alpha value is -1.32. The second-order valence-electron chi connectivity index (χ2n) is 1.89. The zero-order valence-electron chi connectivity index (χ0n) is 6.19. The smallest absolute Gasteiger partial charge is 0.288 e. The predicted molar refractivity (Wildman–Crippen MR) is 39.5 cm³/mol. The number of hydrogen-bond acceptors (Lipinski definition) is 1. The third-order valence-electron chi connectivity index (χ3n) is 1.04. The van der Waals surface area contributed by atoms with Crippen molar-refractivity contribution in [3.8, 4) is 0 Å². The summed E-state index contributed by atoms with van der Waals surface area (Å²) in [7, 11) is 0. The van der Waals surface area contributed by atoms with E-state index in [1.165, 1.54) is 0 Å². The van der Waals surface area contributed by atoms with Crippen LogP contribution in [0.5, 0.6) is 0 Å². The van der Waals surface area contributed by atoms with Gasteiger partial charge in [0.05, 0.1) is 5.57 Å². The predicted octanol–water partition coefficient (Wildman–Crippen LogP) is 2.42. The fourth-order valence-corrected chi connectivity index (χ4v) is 0.542. The number of Topliss-reactive ketones (excluding diaryl/α,β-unsaturated/α-hetero) is 1. The number of alkyl halides is 2. The standard InChI is InChI=1S/C8H7F3O/c1-3-4-6(5(2)9)7(12)8(10)11/h3-4,8H,1-2H2/b6-4+. The first-order valence-corrected chi connectivity index (χ1v) is 3.00. The molecule has 0 heterocycles. The van der Waals surface area contributed by atoms with Crippen molar-refractivity contribution in [2.45, 2.75) is 6.43 Å². The fraction of sp³-hybridized carbons (Fsp3) is 0.125. The average Bonchev–Trinajstić information content (AvgIpc) is 1.98. The molecule has 66 valence electrons. The van der Waals surface area contributed by atoms with Gasteiger partial charge in [0, 0.05) is 0 Å². The molecule has 0 aliphatic heterocycles. The van der Waals surface area contributed by atoms with E-state index in [-0.39, 0.29) is 0 Å². The SMILES string of the molecule is C=C/C=C(\C(=C)F)C(=O)C(F)F. The van der Waals surface area contributed by atoms with E-state index in [1.807, 2.05) is 0 Å². The number of hydrogen-bond donors (Lipinski definition) is 0. The van der Waals surface area contributed by atoms with Gasteiger partial charge in [-0.05, 0) is 6.08 Å². The lowest BCUT2D eigenvalue weighted by Gasteiger charge is -2.00. The Balaban J connectivity index is 4.76. The third-order valence-corrected chi connectivity index (χ3v) is 1.04.